The van der Waals surface area contributed by atoms with Crippen molar-refractivity contribution in [3.8, 4) is 22.5 Å². The van der Waals surface area contributed by atoms with E-state index in [9.17, 15) is 19.2 Å². The Morgan fingerprint density at radius 2 is 1.00 bits per heavy atom. The molecule has 53 heavy (non-hydrogen) atoms. The minimum Gasteiger partial charge on any atom is -0.480 e. The van der Waals surface area contributed by atoms with E-state index in [1.807, 2.05) is 136 Å². The summed E-state index contributed by atoms with van der Waals surface area (Å²) in [5.74, 6) is -0.826. The summed E-state index contributed by atoms with van der Waals surface area (Å²) in [5.41, 5.74) is 14.7. The number of alkyl halides is 1. The van der Waals surface area contributed by atoms with Gasteiger partial charge in [-0.3, -0.25) is 30.0 Å². The molecule has 0 saturated carbocycles. The van der Waals surface area contributed by atoms with E-state index < -0.39 is 5.97 Å². The average molecular weight is 832 g/mol. The molecule has 0 saturated heterocycles. The van der Waals surface area contributed by atoms with E-state index in [0.29, 0.717) is 16.0 Å². The van der Waals surface area contributed by atoms with Crippen molar-refractivity contribution >= 4 is 57.7 Å². The van der Waals surface area contributed by atoms with Gasteiger partial charge in [0.15, 0.2) is 11.6 Å². The Bertz CT molecular complexity index is 1780. The molecule has 1 aromatic heterocycles. The van der Waals surface area contributed by atoms with Crippen molar-refractivity contribution in [3.05, 3.63) is 145 Å². The molecule has 0 fully saturated rings. The van der Waals surface area contributed by atoms with Crippen LogP contribution in [0.25, 0.3) is 22.5 Å². The fraction of sp³-hybridized carbons (Fsp3) is 0.171. The number of carbonyl (C=O) groups excluding carboxylic acids is 3. The highest BCUT2D eigenvalue weighted by Gasteiger charge is 2.15. The number of ketones is 2. The highest BCUT2D eigenvalue weighted by Crippen LogP contribution is 2.29. The number of halogens is 1. The number of rotatable bonds is 10. The second-order valence-corrected chi connectivity index (χ2v) is 11.0. The molecule has 4 aromatic carbocycles. The van der Waals surface area contributed by atoms with Crippen molar-refractivity contribution in [1.82, 2.24) is 9.88 Å². The first-order valence-corrected chi connectivity index (χ1v) is 17.8. The Morgan fingerprint density at radius 1 is 0.698 bits per heavy atom. The lowest BCUT2D eigenvalue weighted by Crippen LogP contribution is -2.31. The van der Waals surface area contributed by atoms with Gasteiger partial charge in [-0.2, -0.15) is 0 Å². The van der Waals surface area contributed by atoms with Crippen LogP contribution in [-0.2, 0) is 16.1 Å². The van der Waals surface area contributed by atoms with E-state index in [4.69, 9.17) is 23.0 Å². The number of Topliss-reactive ketones (excluding diaryl/α,β-unsaturated/α-hetero) is 2. The lowest BCUT2D eigenvalue weighted by molar-refractivity contribution is -0.135. The van der Waals surface area contributed by atoms with Crippen molar-refractivity contribution in [2.75, 3.05) is 11.5 Å². The summed E-state index contributed by atoms with van der Waals surface area (Å²) < 4.78 is 8.18. The molecule has 0 bridgehead atoms. The number of carboxylic acid groups (broad SMARTS) is 1. The molecular weight excluding hydrogens is 783 g/mol. The molecule has 8 N–H and O–H groups in total. The molecule has 5 aromatic rings. The number of nitrogens with one attached hydrogen (secondary N) is 3. The topological polar surface area (TPSA) is 205 Å². The summed E-state index contributed by atoms with van der Waals surface area (Å²) in [6.45, 7) is 2.97. The summed E-state index contributed by atoms with van der Waals surface area (Å²) in [7, 11) is 0. The number of nitrogens with two attached hydrogens (primary N) is 2. The summed E-state index contributed by atoms with van der Waals surface area (Å²) in [5, 5.41) is 23.9. The first-order chi connectivity index (χ1) is 25.8. The van der Waals surface area contributed by atoms with Crippen LogP contribution in [0.4, 0.5) is 0 Å². The highest BCUT2D eigenvalue weighted by molar-refractivity contribution is 14.1. The van der Waals surface area contributed by atoms with Crippen LogP contribution in [0.1, 0.15) is 48.8 Å². The van der Waals surface area contributed by atoms with Gasteiger partial charge in [-0.15, -0.1) is 0 Å². The fourth-order valence-corrected chi connectivity index (χ4v) is 4.52. The third-order valence-corrected chi connectivity index (χ3v) is 6.69. The number of carboxylic acids is 1. The summed E-state index contributed by atoms with van der Waals surface area (Å²) in [4.78, 5) is 45.6. The highest BCUT2D eigenvalue weighted by atomic mass is 127. The Morgan fingerprint density at radius 3 is 1.28 bits per heavy atom. The third-order valence-electron chi connectivity index (χ3n) is 6.69. The predicted octanol–water partition coefficient (Wildman–Crippen LogP) is 7.49. The van der Waals surface area contributed by atoms with Gasteiger partial charge in [0.2, 0.25) is 5.91 Å². The van der Waals surface area contributed by atoms with Crippen molar-refractivity contribution in [3.63, 3.8) is 0 Å². The van der Waals surface area contributed by atoms with E-state index in [0.717, 1.165) is 22.5 Å². The van der Waals surface area contributed by atoms with Gasteiger partial charge in [0.05, 0.1) is 18.2 Å². The van der Waals surface area contributed by atoms with E-state index in [-0.39, 0.29) is 55.1 Å². The maximum atomic E-state index is 12.2. The zero-order valence-electron chi connectivity index (χ0n) is 30.8. The SMILES string of the molecule is CC(=N)N.CC(=N)NC(=O)Cn1c(-c2ccccc2)ccc1-c1ccccc1.NCC(=O)O.O=C(CCC(=O)c1ccccc1)c1ccccc1.[2H]CI. The average Bonchev–Trinajstić information content (AvgIpc) is 3.58. The lowest BCUT2D eigenvalue weighted by Gasteiger charge is -2.14. The number of aromatic nitrogens is 1. The Kier molecular flexibility index (Phi) is 21.4. The number of carbonyl (C=O) groups is 4. The number of aliphatic carboxylic acids is 1. The standard InChI is InChI=1S/C20H19N3O.C16H14O2.C2H6N2.C2H5NO2.CH3I/c1-15(21)22-20(24)14-23-18(16-8-4-2-5-9-16)12-13-19(23)17-10-6-3-7-11-17;17-15(13-7-3-1-4-8-13)11-12-16(18)14-9-5-2-6-10-14;1-2(3)4;3-1-2(4)5;1-2/h2-13H,14H2,1H3,(H2,21,22,24);1-10H,11-12H2;1H3,(H3,3,4);1,3H2,(H,4,5);1H3/i;;;;1D. The molecule has 11 nitrogen and oxygen atoms in total. The predicted molar refractivity (Wildman–Crippen MR) is 222 cm³/mol. The van der Waals surface area contributed by atoms with Gasteiger partial charge in [0.25, 0.3) is 0 Å². The van der Waals surface area contributed by atoms with E-state index >= 15 is 0 Å². The molecule has 0 aliphatic carbocycles. The van der Waals surface area contributed by atoms with Gasteiger partial charge in [-0.25, -0.2) is 0 Å². The van der Waals surface area contributed by atoms with Crippen molar-refractivity contribution in [2.24, 2.45) is 11.5 Å². The van der Waals surface area contributed by atoms with Gasteiger partial charge < -0.3 is 26.5 Å². The monoisotopic (exact) mass is 831 g/mol. The Balaban J connectivity index is 0.000000425. The van der Waals surface area contributed by atoms with Crippen LogP contribution in [0.2, 0.25) is 0 Å². The van der Waals surface area contributed by atoms with Crippen LogP contribution in [0.5, 0.6) is 0 Å². The molecule has 0 spiro atoms. The second-order valence-electron chi connectivity index (χ2n) is 11.0. The first kappa shape index (κ1) is 43.4. The summed E-state index contributed by atoms with van der Waals surface area (Å²) in [6.07, 6.45) is 0.523. The zero-order chi connectivity index (χ0) is 40.3. The van der Waals surface area contributed by atoms with Gasteiger partial charge in [0, 0.05) is 36.7 Å². The number of hydrogen-bond acceptors (Lipinski definition) is 7. The normalized spacial score (nSPS) is 9.62. The van der Waals surface area contributed by atoms with E-state index in [1.165, 1.54) is 6.92 Å². The smallest absolute Gasteiger partial charge is 0.317 e. The number of amides is 1. The van der Waals surface area contributed by atoms with E-state index in [2.05, 4.69) is 11.1 Å². The number of benzene rings is 4. The Labute approximate surface area is 326 Å². The zero-order valence-corrected chi connectivity index (χ0v) is 32.0. The maximum absolute atomic E-state index is 12.2. The molecule has 0 aliphatic heterocycles. The summed E-state index contributed by atoms with van der Waals surface area (Å²) >= 11 is 1.96. The molecule has 12 heteroatoms. The number of hydrogen-bond donors (Lipinski definition) is 6. The minimum absolute atomic E-state index is 0.0138. The molecule has 278 valence electrons. The first-order valence-electron chi connectivity index (χ1n) is 16.9. The number of nitrogens with zero attached hydrogens (tertiary/aromatic N) is 1. The molecule has 0 atom stereocenters. The van der Waals surface area contributed by atoms with Gasteiger partial charge >= 0.3 is 5.97 Å². The molecule has 0 unspecified atom stereocenters. The second kappa shape index (κ2) is 26.1. The third kappa shape index (κ3) is 18.4. The molecule has 0 radical (unpaired) electrons. The van der Waals surface area contributed by atoms with Crippen LogP contribution >= 0.6 is 22.6 Å². The van der Waals surface area contributed by atoms with Crippen LogP contribution < -0.4 is 16.8 Å². The Hall–Kier alpha value is -5.73. The quantitative estimate of drug-likeness (QED) is 0.0275. The largest absolute Gasteiger partial charge is 0.480 e. The van der Waals surface area contributed by atoms with Crippen molar-refractivity contribution in [2.45, 2.75) is 33.2 Å². The van der Waals surface area contributed by atoms with Crippen molar-refractivity contribution < 1.29 is 25.7 Å². The van der Waals surface area contributed by atoms with Gasteiger partial charge in [-0.05, 0) is 42.0 Å². The fourth-order valence-electron chi connectivity index (χ4n) is 4.52. The molecule has 0 aliphatic rings. The van der Waals surface area contributed by atoms with Gasteiger partial charge in [-0.1, -0.05) is 144 Å². The summed E-state index contributed by atoms with van der Waals surface area (Å²) in [6, 6.07) is 42.2. The molecule has 1 heterocycles. The van der Waals surface area contributed by atoms with E-state index in [1.54, 1.807) is 31.2 Å². The number of amidine groups is 2. The lowest BCUT2D eigenvalue weighted by atomic mass is 10.0. The van der Waals surface area contributed by atoms with Crippen LogP contribution in [0, 0.1) is 10.8 Å². The van der Waals surface area contributed by atoms with Crippen LogP contribution in [0.15, 0.2) is 133 Å². The van der Waals surface area contributed by atoms with Crippen LogP contribution in [-0.4, -0.2) is 56.2 Å². The van der Waals surface area contributed by atoms with Crippen LogP contribution in [0.3, 0.4) is 0 Å². The molecule has 1 amide bonds. The maximum Gasteiger partial charge on any atom is 0.317 e. The molecule has 5 rings (SSSR count). The molecular formula is C41H47IN6O5. The van der Waals surface area contributed by atoms with Crippen molar-refractivity contribution in [1.29, 1.82) is 10.8 Å². The van der Waals surface area contributed by atoms with Gasteiger partial charge in [0.1, 0.15) is 6.54 Å². The minimum atomic E-state index is -0.968.